The first-order valence-corrected chi connectivity index (χ1v) is 26.7. The van der Waals surface area contributed by atoms with Gasteiger partial charge in [-0.25, -0.2) is 0 Å². The van der Waals surface area contributed by atoms with E-state index in [2.05, 4.69) is 271 Å². The quantitative estimate of drug-likeness (QED) is 0.168. The summed E-state index contributed by atoms with van der Waals surface area (Å²) in [6.45, 7) is 27.9. The summed E-state index contributed by atoms with van der Waals surface area (Å²) in [6.07, 6.45) is 0. The van der Waals surface area contributed by atoms with Crippen molar-refractivity contribution >= 4 is 104 Å². The van der Waals surface area contributed by atoms with Gasteiger partial charge in [0.05, 0.1) is 55.3 Å². The molecular formula is C70H64N4. The molecule has 14 aromatic rings. The minimum atomic E-state index is -0.0519. The summed E-state index contributed by atoms with van der Waals surface area (Å²) >= 11 is 0. The number of benzene rings is 9. The molecule has 0 unspecified atom stereocenters. The first-order chi connectivity index (χ1) is 35.3. The maximum atomic E-state index is 2.61. The molecule has 0 saturated heterocycles. The van der Waals surface area contributed by atoms with Gasteiger partial charge >= 0.3 is 0 Å². The van der Waals surface area contributed by atoms with Crippen LogP contribution in [0.3, 0.4) is 0 Å². The second-order valence-electron chi connectivity index (χ2n) is 25.5. The van der Waals surface area contributed by atoms with Crippen molar-refractivity contribution in [2.45, 2.75) is 105 Å². The van der Waals surface area contributed by atoms with Crippen LogP contribution in [0.1, 0.15) is 105 Å². The van der Waals surface area contributed by atoms with Gasteiger partial charge in [-0.3, -0.25) is 0 Å². The SMILES string of the molecule is CC(C)(C)c1ccc2c(c1)c1cc(C(C)(C)C)ccc1n2-c1cccc(-n2c3ccccc3c3c2ccc2c4ccccc4n(-c4cccc5c4c4cc(C(C)(C)C)cc6c7cc(C(C)(C)C)ccc7n5c64)c23)c1. The molecule has 4 nitrogen and oxygen atoms in total. The van der Waals surface area contributed by atoms with E-state index in [9.17, 15) is 0 Å². The normalized spacial score (nSPS) is 13.4. The Bertz CT molecular complexity index is 4610. The number of hydrogen-bond donors (Lipinski definition) is 0. The third kappa shape index (κ3) is 6.27. The van der Waals surface area contributed by atoms with Gasteiger partial charge in [0.2, 0.25) is 0 Å². The molecule has 0 amide bonds. The highest BCUT2D eigenvalue weighted by molar-refractivity contribution is 6.29. The van der Waals surface area contributed by atoms with Crippen molar-refractivity contribution in [2.75, 3.05) is 0 Å². The highest BCUT2D eigenvalue weighted by Gasteiger charge is 2.28. The third-order valence-electron chi connectivity index (χ3n) is 16.7. The fourth-order valence-corrected chi connectivity index (χ4v) is 12.7. The molecule has 74 heavy (non-hydrogen) atoms. The lowest BCUT2D eigenvalue weighted by Crippen LogP contribution is -2.11. The number of para-hydroxylation sites is 2. The Morgan fingerprint density at radius 1 is 0.257 bits per heavy atom. The van der Waals surface area contributed by atoms with Crippen molar-refractivity contribution in [2.24, 2.45) is 0 Å². The van der Waals surface area contributed by atoms with Gasteiger partial charge in [0, 0.05) is 65.2 Å². The fourth-order valence-electron chi connectivity index (χ4n) is 12.7. The number of aromatic nitrogens is 4. The second kappa shape index (κ2) is 14.9. The van der Waals surface area contributed by atoms with E-state index in [1.165, 1.54) is 131 Å². The van der Waals surface area contributed by atoms with Crippen molar-refractivity contribution in [3.8, 4) is 17.1 Å². The van der Waals surface area contributed by atoms with E-state index in [1.54, 1.807) is 0 Å². The minimum Gasteiger partial charge on any atom is -0.309 e. The van der Waals surface area contributed by atoms with E-state index in [1.807, 2.05) is 0 Å². The van der Waals surface area contributed by atoms with Gasteiger partial charge in [0.1, 0.15) is 0 Å². The van der Waals surface area contributed by atoms with E-state index < -0.39 is 0 Å². The van der Waals surface area contributed by atoms with Gasteiger partial charge in [-0.1, -0.05) is 156 Å². The van der Waals surface area contributed by atoms with Crippen LogP contribution >= 0.6 is 0 Å². The van der Waals surface area contributed by atoms with Crippen LogP contribution in [-0.4, -0.2) is 18.1 Å². The molecule has 0 saturated carbocycles. The minimum absolute atomic E-state index is 0.0275. The Labute approximate surface area is 433 Å². The molecule has 5 aromatic heterocycles. The predicted molar refractivity (Wildman–Crippen MR) is 319 cm³/mol. The average Bonchev–Trinajstić information content (AvgIpc) is 4.19. The first kappa shape index (κ1) is 44.8. The van der Waals surface area contributed by atoms with Gasteiger partial charge in [-0.05, 0) is 141 Å². The standard InChI is InChI=1S/C70H64N4/c1-67(2,3)41-27-31-57-50(35-41)51-36-42(68(4,5)6)28-32-58(51)71(57)45-19-17-20-46(40-45)72-56-24-16-14-22-49(56)64-62(72)34-30-48-47-21-13-15-23-55(47)74(66(48)64)61-26-18-25-60-63(61)54-39-44(70(10,11)12)38-53-52-37-43(69(7,8)9)29-33-59(52)73(60)65(53)54/h13-40H,1-12H3. The van der Waals surface area contributed by atoms with Gasteiger partial charge in [-0.15, -0.1) is 0 Å². The van der Waals surface area contributed by atoms with Crippen LogP contribution in [0.25, 0.3) is 121 Å². The van der Waals surface area contributed by atoms with Crippen molar-refractivity contribution in [1.82, 2.24) is 18.1 Å². The zero-order valence-corrected chi connectivity index (χ0v) is 45.0. The zero-order valence-electron chi connectivity index (χ0n) is 45.0. The van der Waals surface area contributed by atoms with Crippen molar-refractivity contribution in [1.29, 1.82) is 0 Å². The summed E-state index contributed by atoms with van der Waals surface area (Å²) in [5.74, 6) is 0. The average molecular weight is 961 g/mol. The molecule has 9 aromatic carbocycles. The maximum absolute atomic E-state index is 2.61. The molecule has 0 bridgehead atoms. The molecule has 0 aliphatic carbocycles. The van der Waals surface area contributed by atoms with E-state index in [0.29, 0.717) is 0 Å². The third-order valence-corrected chi connectivity index (χ3v) is 16.7. The lowest BCUT2D eigenvalue weighted by molar-refractivity contribution is 0.590. The summed E-state index contributed by atoms with van der Waals surface area (Å²) in [4.78, 5) is 0. The largest absolute Gasteiger partial charge is 0.309 e. The molecule has 0 aliphatic rings. The summed E-state index contributed by atoms with van der Waals surface area (Å²) in [5, 5.41) is 12.8. The molecule has 14 rings (SSSR count). The molecule has 0 spiro atoms. The summed E-state index contributed by atoms with van der Waals surface area (Å²) in [7, 11) is 0. The fraction of sp³-hybridized carbons (Fsp3) is 0.229. The van der Waals surface area contributed by atoms with Crippen LogP contribution in [0.2, 0.25) is 0 Å². The monoisotopic (exact) mass is 961 g/mol. The highest BCUT2D eigenvalue weighted by atomic mass is 15.0. The first-order valence-electron chi connectivity index (χ1n) is 26.7. The Kier molecular flexibility index (Phi) is 9.04. The molecule has 5 heterocycles. The van der Waals surface area contributed by atoms with Crippen LogP contribution < -0.4 is 0 Å². The predicted octanol–water partition coefficient (Wildman–Crippen LogP) is 19.3. The topological polar surface area (TPSA) is 19.2 Å². The number of nitrogens with zero attached hydrogens (tertiary/aromatic N) is 4. The number of rotatable bonds is 3. The molecule has 0 fully saturated rings. The molecule has 0 N–H and O–H groups in total. The molecular weight excluding hydrogens is 897 g/mol. The smallest absolute Gasteiger partial charge is 0.0641 e. The summed E-state index contributed by atoms with van der Waals surface area (Å²) < 4.78 is 10.2. The van der Waals surface area contributed by atoms with E-state index in [4.69, 9.17) is 0 Å². The Morgan fingerprint density at radius 3 is 1.30 bits per heavy atom. The summed E-state index contributed by atoms with van der Waals surface area (Å²) in [5.41, 5.74) is 20.0. The van der Waals surface area contributed by atoms with Gasteiger partial charge < -0.3 is 18.1 Å². The van der Waals surface area contributed by atoms with Crippen LogP contribution in [-0.2, 0) is 21.7 Å². The highest BCUT2D eigenvalue weighted by Crippen LogP contribution is 2.48. The zero-order chi connectivity index (χ0) is 51.1. The van der Waals surface area contributed by atoms with Crippen molar-refractivity contribution < 1.29 is 0 Å². The molecule has 4 heteroatoms. The van der Waals surface area contributed by atoms with Crippen LogP contribution in [0, 0.1) is 0 Å². The van der Waals surface area contributed by atoms with Crippen LogP contribution in [0.15, 0.2) is 170 Å². The Hall–Kier alpha value is -7.82. The second-order valence-corrected chi connectivity index (χ2v) is 25.5. The van der Waals surface area contributed by atoms with Gasteiger partial charge in [-0.2, -0.15) is 0 Å². The van der Waals surface area contributed by atoms with Gasteiger partial charge in [0.25, 0.3) is 0 Å². The van der Waals surface area contributed by atoms with E-state index in [-0.39, 0.29) is 21.7 Å². The molecule has 364 valence electrons. The number of hydrogen-bond acceptors (Lipinski definition) is 0. The lowest BCUT2D eigenvalue weighted by atomic mass is 9.84. The van der Waals surface area contributed by atoms with E-state index in [0.717, 1.165) is 11.4 Å². The molecule has 0 radical (unpaired) electrons. The van der Waals surface area contributed by atoms with Gasteiger partial charge in [0.15, 0.2) is 0 Å². The summed E-state index contributed by atoms with van der Waals surface area (Å²) in [6, 6.07) is 65.5. The van der Waals surface area contributed by atoms with Crippen LogP contribution in [0.5, 0.6) is 0 Å². The van der Waals surface area contributed by atoms with Crippen LogP contribution in [0.4, 0.5) is 0 Å². The van der Waals surface area contributed by atoms with E-state index >= 15 is 0 Å². The molecule has 0 aliphatic heterocycles. The number of fused-ring (bicyclic) bond motifs is 16. The maximum Gasteiger partial charge on any atom is 0.0641 e. The Balaban J connectivity index is 1.06. The lowest BCUT2D eigenvalue weighted by Gasteiger charge is -2.20. The van der Waals surface area contributed by atoms with Crippen molar-refractivity contribution in [3.05, 3.63) is 192 Å². The van der Waals surface area contributed by atoms with Crippen molar-refractivity contribution in [3.63, 3.8) is 0 Å². The molecule has 0 atom stereocenters. The Morgan fingerprint density at radius 2 is 0.703 bits per heavy atom.